The van der Waals surface area contributed by atoms with Gasteiger partial charge in [-0.05, 0) is 37.0 Å². The number of benzene rings is 1. The lowest BCUT2D eigenvalue weighted by Crippen LogP contribution is -2.41. The molecule has 0 amide bonds. The van der Waals surface area contributed by atoms with Crippen molar-refractivity contribution in [3.05, 3.63) is 29.8 Å². The van der Waals surface area contributed by atoms with Gasteiger partial charge in [0.25, 0.3) is 0 Å². The first-order valence-corrected chi connectivity index (χ1v) is 9.09. The van der Waals surface area contributed by atoms with E-state index in [0.717, 1.165) is 31.2 Å². The summed E-state index contributed by atoms with van der Waals surface area (Å²) in [6.45, 7) is 2.27. The third-order valence-electron chi connectivity index (χ3n) is 4.22. The normalized spacial score (nSPS) is 18.3. The van der Waals surface area contributed by atoms with Crippen molar-refractivity contribution in [1.29, 1.82) is 0 Å². The highest BCUT2D eigenvalue weighted by Crippen LogP contribution is 2.31. The summed E-state index contributed by atoms with van der Waals surface area (Å²) in [6, 6.07) is 7.06. The van der Waals surface area contributed by atoms with Crippen LogP contribution < -0.4 is 0 Å². The Morgan fingerprint density at radius 3 is 2.29 bits per heavy atom. The number of rotatable bonds is 6. The fourth-order valence-electron chi connectivity index (χ4n) is 2.99. The van der Waals surface area contributed by atoms with E-state index in [2.05, 4.69) is 6.92 Å². The summed E-state index contributed by atoms with van der Waals surface area (Å²) in [5.41, 5.74) is 0.290. The van der Waals surface area contributed by atoms with Gasteiger partial charge in [0.05, 0.1) is 10.5 Å². The lowest BCUT2D eigenvalue weighted by Gasteiger charge is -2.28. The molecule has 5 heteroatoms. The van der Waals surface area contributed by atoms with Crippen LogP contribution in [0.2, 0.25) is 0 Å². The van der Waals surface area contributed by atoms with Crippen molar-refractivity contribution in [1.82, 2.24) is 4.31 Å². The van der Waals surface area contributed by atoms with Gasteiger partial charge in [-0.2, -0.15) is 4.31 Å². The molecule has 1 N–H and O–H groups in total. The maximum atomic E-state index is 12.5. The van der Waals surface area contributed by atoms with Crippen molar-refractivity contribution in [2.75, 3.05) is 13.6 Å². The Hall–Kier alpha value is -0.910. The van der Waals surface area contributed by atoms with Crippen LogP contribution >= 0.6 is 0 Å². The molecule has 1 fully saturated rings. The van der Waals surface area contributed by atoms with Crippen LogP contribution in [0.5, 0.6) is 0 Å². The molecule has 0 heterocycles. The topological polar surface area (TPSA) is 57.6 Å². The van der Waals surface area contributed by atoms with E-state index >= 15 is 0 Å². The summed E-state index contributed by atoms with van der Waals surface area (Å²) in [7, 11) is -1.98. The number of nitrogens with zero attached hydrogens (tertiary/aromatic N) is 1. The van der Waals surface area contributed by atoms with Crippen molar-refractivity contribution in [3.63, 3.8) is 0 Å². The minimum absolute atomic E-state index is 0.173. The lowest BCUT2D eigenvalue weighted by molar-refractivity contribution is 0.0333. The minimum Gasteiger partial charge on any atom is -0.389 e. The summed E-state index contributed by atoms with van der Waals surface area (Å²) in [4.78, 5) is 0.298. The monoisotopic (exact) mass is 311 g/mol. The van der Waals surface area contributed by atoms with E-state index < -0.39 is 15.6 Å². The second-order valence-corrected chi connectivity index (χ2v) is 8.13. The predicted molar refractivity (Wildman–Crippen MR) is 83.7 cm³/mol. The second kappa shape index (κ2) is 6.46. The molecule has 118 valence electrons. The molecular formula is C16H25NO3S. The van der Waals surface area contributed by atoms with E-state index in [0.29, 0.717) is 17.7 Å². The van der Waals surface area contributed by atoms with Crippen LogP contribution in [0.25, 0.3) is 0 Å². The van der Waals surface area contributed by atoms with Crippen molar-refractivity contribution in [2.24, 2.45) is 0 Å². The van der Waals surface area contributed by atoms with E-state index in [9.17, 15) is 13.5 Å². The zero-order chi connectivity index (χ0) is 15.5. The van der Waals surface area contributed by atoms with Crippen molar-refractivity contribution < 1.29 is 13.5 Å². The Morgan fingerprint density at radius 2 is 1.76 bits per heavy atom. The molecule has 21 heavy (non-hydrogen) atoms. The molecule has 0 aromatic heterocycles. The largest absolute Gasteiger partial charge is 0.389 e. The highest BCUT2D eigenvalue weighted by atomic mass is 32.2. The Balaban J connectivity index is 2.12. The molecule has 1 aromatic rings. The van der Waals surface area contributed by atoms with Gasteiger partial charge in [-0.3, -0.25) is 0 Å². The SMILES string of the molecule is CCCc1ccc(S(=O)(=O)N(C)CC2(O)CCCC2)cc1. The van der Waals surface area contributed by atoms with Gasteiger partial charge >= 0.3 is 0 Å². The van der Waals surface area contributed by atoms with Crippen molar-refractivity contribution in [3.8, 4) is 0 Å². The van der Waals surface area contributed by atoms with E-state index in [-0.39, 0.29) is 6.54 Å². The van der Waals surface area contributed by atoms with Gasteiger partial charge in [0, 0.05) is 13.6 Å². The Kier molecular flexibility index (Phi) is 5.07. The van der Waals surface area contributed by atoms with E-state index in [4.69, 9.17) is 0 Å². The van der Waals surface area contributed by atoms with Crippen LogP contribution in [0.3, 0.4) is 0 Å². The van der Waals surface area contributed by atoms with E-state index in [1.54, 1.807) is 19.2 Å². The summed E-state index contributed by atoms with van der Waals surface area (Å²) < 4.78 is 26.4. The minimum atomic E-state index is -3.52. The predicted octanol–water partition coefficient (Wildman–Crippen LogP) is 2.56. The average Bonchev–Trinajstić information content (AvgIpc) is 2.86. The van der Waals surface area contributed by atoms with Crippen LogP contribution in [0, 0.1) is 0 Å². The van der Waals surface area contributed by atoms with Gasteiger partial charge in [-0.1, -0.05) is 38.3 Å². The van der Waals surface area contributed by atoms with Crippen LogP contribution in [-0.2, 0) is 16.4 Å². The van der Waals surface area contributed by atoms with Crippen molar-refractivity contribution in [2.45, 2.75) is 55.9 Å². The number of hydrogen-bond acceptors (Lipinski definition) is 3. The van der Waals surface area contributed by atoms with Crippen LogP contribution in [0.4, 0.5) is 0 Å². The average molecular weight is 311 g/mol. The fourth-order valence-corrected chi connectivity index (χ4v) is 4.24. The molecule has 0 spiro atoms. The number of likely N-dealkylation sites (N-methyl/N-ethyl adjacent to an activating group) is 1. The molecule has 0 aliphatic heterocycles. The van der Waals surface area contributed by atoms with Gasteiger partial charge in [-0.25, -0.2) is 8.42 Å². The van der Waals surface area contributed by atoms with Crippen LogP contribution in [0.15, 0.2) is 29.2 Å². The van der Waals surface area contributed by atoms with E-state index in [1.807, 2.05) is 12.1 Å². The lowest BCUT2D eigenvalue weighted by atomic mass is 10.0. The van der Waals surface area contributed by atoms with Gasteiger partial charge in [0.15, 0.2) is 0 Å². The molecule has 0 radical (unpaired) electrons. The number of aryl methyl sites for hydroxylation is 1. The number of aliphatic hydroxyl groups is 1. The molecule has 1 aliphatic carbocycles. The molecule has 1 aliphatic rings. The van der Waals surface area contributed by atoms with Gasteiger partial charge in [0.1, 0.15) is 0 Å². The first-order chi connectivity index (χ1) is 9.87. The maximum Gasteiger partial charge on any atom is 0.242 e. The summed E-state index contributed by atoms with van der Waals surface area (Å²) >= 11 is 0. The molecule has 0 atom stereocenters. The van der Waals surface area contributed by atoms with E-state index in [1.165, 1.54) is 4.31 Å². The maximum absolute atomic E-state index is 12.5. The zero-order valence-corrected chi connectivity index (χ0v) is 13.7. The quantitative estimate of drug-likeness (QED) is 0.878. The second-order valence-electron chi connectivity index (χ2n) is 6.09. The number of sulfonamides is 1. The van der Waals surface area contributed by atoms with Gasteiger partial charge in [-0.15, -0.1) is 0 Å². The van der Waals surface area contributed by atoms with Crippen LogP contribution in [-0.4, -0.2) is 37.0 Å². The zero-order valence-electron chi connectivity index (χ0n) is 12.9. The Morgan fingerprint density at radius 1 is 1.19 bits per heavy atom. The molecule has 0 unspecified atom stereocenters. The molecule has 2 rings (SSSR count). The molecule has 1 saturated carbocycles. The Labute approximate surface area is 127 Å². The molecule has 0 saturated heterocycles. The first kappa shape index (κ1) is 16.5. The third kappa shape index (κ3) is 3.84. The molecule has 0 bridgehead atoms. The third-order valence-corrected chi connectivity index (χ3v) is 6.04. The number of hydrogen-bond donors (Lipinski definition) is 1. The highest BCUT2D eigenvalue weighted by Gasteiger charge is 2.35. The van der Waals surface area contributed by atoms with Crippen molar-refractivity contribution >= 4 is 10.0 Å². The molecule has 1 aromatic carbocycles. The highest BCUT2D eigenvalue weighted by molar-refractivity contribution is 7.89. The molecular weight excluding hydrogens is 286 g/mol. The smallest absolute Gasteiger partial charge is 0.242 e. The van der Waals surface area contributed by atoms with Crippen LogP contribution in [0.1, 0.15) is 44.6 Å². The van der Waals surface area contributed by atoms with Gasteiger partial charge < -0.3 is 5.11 Å². The summed E-state index contributed by atoms with van der Waals surface area (Å²) in [5, 5.41) is 10.4. The summed E-state index contributed by atoms with van der Waals surface area (Å²) in [5.74, 6) is 0. The molecule has 4 nitrogen and oxygen atoms in total. The first-order valence-electron chi connectivity index (χ1n) is 7.65. The standard InChI is InChI=1S/C16H25NO3S/c1-3-6-14-7-9-15(10-8-14)21(19,20)17(2)13-16(18)11-4-5-12-16/h7-10,18H,3-6,11-13H2,1-2H3. The fraction of sp³-hybridized carbons (Fsp3) is 0.625. The summed E-state index contributed by atoms with van der Waals surface area (Å²) in [6.07, 6.45) is 5.30. The van der Waals surface area contributed by atoms with Gasteiger partial charge in [0.2, 0.25) is 10.0 Å². The Bertz CT molecular complexity index is 560.